The normalized spacial score (nSPS) is 13.9. The van der Waals surface area contributed by atoms with Crippen LogP contribution in [0.1, 0.15) is 17.5 Å². The maximum atomic E-state index is 12.7. The highest BCUT2D eigenvalue weighted by molar-refractivity contribution is 6.04. The van der Waals surface area contributed by atoms with Gasteiger partial charge in [0.1, 0.15) is 18.5 Å². The van der Waals surface area contributed by atoms with Gasteiger partial charge in [-0.05, 0) is 49.2 Å². The fourth-order valence-corrected chi connectivity index (χ4v) is 3.68. The van der Waals surface area contributed by atoms with Crippen molar-refractivity contribution < 1.29 is 42.1 Å². The number of amides is 2. The topological polar surface area (TPSA) is 118 Å². The van der Waals surface area contributed by atoms with E-state index in [4.69, 9.17) is 14.2 Å². The summed E-state index contributed by atoms with van der Waals surface area (Å²) in [7, 11) is 3.13. The summed E-state index contributed by atoms with van der Waals surface area (Å²) in [6.45, 7) is 0.742. The highest BCUT2D eigenvalue weighted by Crippen LogP contribution is 2.38. The molecular weight excluding hydrogens is 483 g/mol. The molecule has 2 aromatic carbocycles. The first-order valence-electron chi connectivity index (χ1n) is 11.2. The van der Waals surface area contributed by atoms with E-state index < -0.39 is 18.2 Å². The van der Waals surface area contributed by atoms with Crippen molar-refractivity contribution in [2.45, 2.75) is 31.5 Å². The number of aliphatic hydroxyl groups is 1. The number of hydrogen-bond donors (Lipinski definition) is 4. The Kier molecular flexibility index (Phi) is 8.99. The van der Waals surface area contributed by atoms with Crippen molar-refractivity contribution in [3.8, 4) is 17.2 Å². The first-order chi connectivity index (χ1) is 17.1. The van der Waals surface area contributed by atoms with Crippen molar-refractivity contribution in [3.05, 3.63) is 41.5 Å². The van der Waals surface area contributed by atoms with Crippen molar-refractivity contribution in [1.82, 2.24) is 5.32 Å². The molecule has 0 aliphatic carbocycles. The molecule has 2 aromatic rings. The van der Waals surface area contributed by atoms with Crippen LogP contribution in [0.3, 0.4) is 0 Å². The molecule has 0 fully saturated rings. The number of fused-ring (bicyclic) bond motifs is 1. The second-order valence-corrected chi connectivity index (χ2v) is 8.07. The minimum atomic E-state index is -5.07. The first kappa shape index (κ1) is 27.1. The Morgan fingerprint density at radius 1 is 1.11 bits per heavy atom. The van der Waals surface area contributed by atoms with E-state index in [0.29, 0.717) is 35.8 Å². The Hall–Kier alpha value is -3.51. The van der Waals surface area contributed by atoms with Gasteiger partial charge in [0.05, 0.1) is 25.6 Å². The molecule has 1 atom stereocenters. The van der Waals surface area contributed by atoms with Crippen LogP contribution in [0.2, 0.25) is 0 Å². The van der Waals surface area contributed by atoms with E-state index in [1.165, 1.54) is 12.1 Å². The minimum Gasteiger partial charge on any atom is -0.493 e. The number of carbonyl (C=O) groups is 2. The van der Waals surface area contributed by atoms with Gasteiger partial charge >= 0.3 is 12.1 Å². The molecule has 1 aliphatic rings. The molecule has 1 heterocycles. The van der Waals surface area contributed by atoms with Gasteiger partial charge in [-0.2, -0.15) is 13.2 Å². The third-order valence-electron chi connectivity index (χ3n) is 5.49. The molecule has 2 amide bonds. The molecule has 0 saturated carbocycles. The van der Waals surface area contributed by atoms with Crippen LogP contribution in [0.15, 0.2) is 30.3 Å². The van der Waals surface area contributed by atoms with Gasteiger partial charge in [-0.1, -0.05) is 6.07 Å². The third kappa shape index (κ3) is 7.01. The quantitative estimate of drug-likeness (QED) is 0.343. The lowest BCUT2D eigenvalue weighted by atomic mass is 10.0. The minimum absolute atomic E-state index is 0.0592. The van der Waals surface area contributed by atoms with E-state index in [-0.39, 0.29) is 43.3 Å². The number of halogens is 3. The molecule has 4 N–H and O–H groups in total. The van der Waals surface area contributed by atoms with E-state index in [1.54, 1.807) is 19.5 Å². The molecule has 12 heteroatoms. The summed E-state index contributed by atoms with van der Waals surface area (Å²) in [5, 5.41) is 17.7. The van der Waals surface area contributed by atoms with E-state index >= 15 is 0 Å². The maximum absolute atomic E-state index is 12.7. The van der Waals surface area contributed by atoms with Crippen LogP contribution in [-0.4, -0.2) is 63.1 Å². The Balaban J connectivity index is 1.54. The van der Waals surface area contributed by atoms with Gasteiger partial charge in [-0.3, -0.25) is 9.59 Å². The molecule has 1 unspecified atom stereocenters. The molecule has 0 aromatic heterocycles. The van der Waals surface area contributed by atoms with Gasteiger partial charge in [-0.25, -0.2) is 0 Å². The van der Waals surface area contributed by atoms with Gasteiger partial charge in [-0.15, -0.1) is 0 Å². The molecule has 196 valence electrons. The molecule has 0 saturated heterocycles. The Labute approximate surface area is 205 Å². The summed E-state index contributed by atoms with van der Waals surface area (Å²) in [6.07, 6.45) is -4.93. The zero-order chi connectivity index (χ0) is 26.3. The van der Waals surface area contributed by atoms with Gasteiger partial charge in [0.2, 0.25) is 5.91 Å². The average molecular weight is 511 g/mol. The zero-order valence-electron chi connectivity index (χ0n) is 19.8. The zero-order valence-corrected chi connectivity index (χ0v) is 19.8. The van der Waals surface area contributed by atoms with Gasteiger partial charge < -0.3 is 35.3 Å². The highest BCUT2D eigenvalue weighted by Gasteiger charge is 2.39. The average Bonchev–Trinajstić information content (AvgIpc) is 2.85. The summed E-state index contributed by atoms with van der Waals surface area (Å²) in [6, 6.07) is 8.24. The Morgan fingerprint density at radius 2 is 1.83 bits per heavy atom. The van der Waals surface area contributed by atoms with Crippen molar-refractivity contribution >= 4 is 23.2 Å². The van der Waals surface area contributed by atoms with Crippen LogP contribution < -0.4 is 30.2 Å². The van der Waals surface area contributed by atoms with E-state index in [0.717, 1.165) is 5.56 Å². The number of benzene rings is 2. The predicted octanol–water partition coefficient (Wildman–Crippen LogP) is 2.66. The summed E-state index contributed by atoms with van der Waals surface area (Å²) < 4.78 is 54.2. The smallest absolute Gasteiger partial charge is 0.471 e. The predicted molar refractivity (Wildman–Crippen MR) is 126 cm³/mol. The number of anilines is 2. The number of aliphatic hydroxyl groups excluding tert-OH is 1. The summed E-state index contributed by atoms with van der Waals surface area (Å²) >= 11 is 0. The number of ether oxygens (including phenoxy) is 3. The Morgan fingerprint density at radius 3 is 2.53 bits per heavy atom. The summed E-state index contributed by atoms with van der Waals surface area (Å²) in [5.74, 6) is -0.959. The van der Waals surface area contributed by atoms with Crippen molar-refractivity contribution in [3.63, 3.8) is 0 Å². The maximum Gasteiger partial charge on any atom is 0.471 e. The standard InChI is InChI=1S/C24H28F3N3O6/c1-34-19-6-3-14(11-20(19)35-2)9-10-28-12-15(31)13-36-18-7-5-17(29-23(33)24(25,26)27)22-16(18)4-8-21(32)30-22/h3,5-7,11,15,28,31H,4,8-10,12-13H2,1-2H3,(H,29,33)(H,30,32). The number of rotatable bonds is 11. The number of alkyl halides is 3. The van der Waals surface area contributed by atoms with E-state index in [2.05, 4.69) is 10.6 Å². The monoisotopic (exact) mass is 511 g/mol. The second kappa shape index (κ2) is 12.0. The van der Waals surface area contributed by atoms with Crippen LogP contribution in [-0.2, 0) is 22.4 Å². The van der Waals surface area contributed by atoms with Crippen molar-refractivity contribution in [1.29, 1.82) is 0 Å². The fraction of sp³-hybridized carbons (Fsp3) is 0.417. The van der Waals surface area contributed by atoms with Crippen molar-refractivity contribution in [2.24, 2.45) is 0 Å². The molecule has 3 rings (SSSR count). The molecule has 1 aliphatic heterocycles. The number of nitrogens with one attached hydrogen (secondary N) is 3. The van der Waals surface area contributed by atoms with Crippen LogP contribution in [0.4, 0.5) is 24.5 Å². The molecule has 9 nitrogen and oxygen atoms in total. The Bertz CT molecular complexity index is 1090. The lowest BCUT2D eigenvalue weighted by Crippen LogP contribution is -2.33. The van der Waals surface area contributed by atoms with Gasteiger partial charge in [0.25, 0.3) is 0 Å². The van der Waals surface area contributed by atoms with E-state index in [1.807, 2.05) is 18.2 Å². The second-order valence-electron chi connectivity index (χ2n) is 8.07. The molecular formula is C24H28F3N3O6. The molecule has 0 spiro atoms. The van der Waals surface area contributed by atoms with Crippen LogP contribution >= 0.6 is 0 Å². The number of hydrogen-bond acceptors (Lipinski definition) is 7. The fourth-order valence-electron chi connectivity index (χ4n) is 3.68. The van der Waals surface area contributed by atoms with Gasteiger partial charge in [0, 0.05) is 18.5 Å². The van der Waals surface area contributed by atoms with Crippen LogP contribution in [0.5, 0.6) is 17.2 Å². The SMILES string of the molecule is COc1ccc(CCNCC(O)COc2ccc(NC(=O)C(F)(F)F)c3c2CCC(=O)N3)cc1OC. The third-order valence-corrected chi connectivity index (χ3v) is 5.49. The highest BCUT2D eigenvalue weighted by atomic mass is 19.4. The van der Waals surface area contributed by atoms with Crippen LogP contribution in [0.25, 0.3) is 0 Å². The summed E-state index contributed by atoms with van der Waals surface area (Å²) in [5.41, 5.74) is 1.36. The first-order valence-corrected chi connectivity index (χ1v) is 11.2. The van der Waals surface area contributed by atoms with Crippen molar-refractivity contribution in [2.75, 3.05) is 44.5 Å². The number of carbonyl (C=O) groups excluding carboxylic acids is 2. The van der Waals surface area contributed by atoms with Gasteiger partial charge in [0.15, 0.2) is 11.5 Å². The molecule has 36 heavy (non-hydrogen) atoms. The van der Waals surface area contributed by atoms with E-state index in [9.17, 15) is 27.9 Å². The number of methoxy groups -OCH3 is 2. The molecule has 0 bridgehead atoms. The lowest BCUT2D eigenvalue weighted by Gasteiger charge is -2.24. The summed E-state index contributed by atoms with van der Waals surface area (Å²) in [4.78, 5) is 23.2. The lowest BCUT2D eigenvalue weighted by molar-refractivity contribution is -0.167. The molecule has 0 radical (unpaired) electrons. The van der Waals surface area contributed by atoms with Crippen LogP contribution in [0, 0.1) is 0 Å². The largest absolute Gasteiger partial charge is 0.493 e.